The molecule has 0 saturated heterocycles. The van der Waals surface area contributed by atoms with Gasteiger partial charge in [-0.25, -0.2) is 0 Å². The maximum atomic E-state index is 9.95. The highest BCUT2D eigenvalue weighted by Gasteiger charge is 2.06. The van der Waals surface area contributed by atoms with Gasteiger partial charge in [-0.05, 0) is 6.42 Å². The fourth-order valence-electron chi connectivity index (χ4n) is 1.46. The summed E-state index contributed by atoms with van der Waals surface area (Å²) < 4.78 is 29.0. The van der Waals surface area contributed by atoms with Crippen molar-refractivity contribution in [2.75, 3.05) is 26.9 Å². The number of hydrogen-bond acceptors (Lipinski definition) is 2. The van der Waals surface area contributed by atoms with E-state index >= 15 is 0 Å². The Hall–Kier alpha value is -0.910. The molecule has 0 saturated carbocycles. The highest BCUT2D eigenvalue weighted by Crippen LogP contribution is 2.05. The van der Waals surface area contributed by atoms with E-state index in [9.17, 15) is 8.42 Å². The Labute approximate surface area is 117 Å². The van der Waals surface area contributed by atoms with Gasteiger partial charge in [0.2, 0.25) is 0 Å². The molecule has 1 aromatic carbocycles. The van der Waals surface area contributed by atoms with Gasteiger partial charge >= 0.3 is 0 Å². The highest BCUT2D eigenvalue weighted by atomic mass is 32.2. The summed E-state index contributed by atoms with van der Waals surface area (Å²) >= 11 is 0. The van der Waals surface area contributed by atoms with Crippen LogP contribution in [0.2, 0.25) is 0 Å². The van der Waals surface area contributed by atoms with Crippen LogP contribution in [0.25, 0.3) is 0 Å². The van der Waals surface area contributed by atoms with Crippen LogP contribution in [-0.2, 0) is 16.7 Å². The van der Waals surface area contributed by atoms with Crippen LogP contribution >= 0.6 is 0 Å². The van der Waals surface area contributed by atoms with Crippen LogP contribution in [0.15, 0.2) is 30.3 Å². The summed E-state index contributed by atoms with van der Waals surface area (Å²) in [7, 11) is 2.92. The van der Waals surface area contributed by atoms with Gasteiger partial charge in [-0.15, -0.1) is 0 Å². The number of unbranched alkanes of at least 4 members (excludes halogenated alkanes) is 1. The van der Waals surface area contributed by atoms with E-state index < -0.39 is 10.1 Å². The molecule has 0 radical (unpaired) electrons. The first kappa shape index (κ1) is 18.1. The lowest BCUT2D eigenvalue weighted by Crippen LogP contribution is -2.33. The van der Waals surface area contributed by atoms with Crippen molar-refractivity contribution in [3.05, 3.63) is 35.9 Å². The number of nitrogens with zero attached hydrogens (tertiary/aromatic N) is 1. The minimum Gasteiger partial charge on any atom is -0.327 e. The first-order valence-corrected chi connectivity index (χ1v) is 8.04. The van der Waals surface area contributed by atoms with Gasteiger partial charge < -0.3 is 4.48 Å². The third kappa shape index (κ3) is 13.3. The number of rotatable bonds is 5. The van der Waals surface area contributed by atoms with Gasteiger partial charge in [-0.1, -0.05) is 43.7 Å². The van der Waals surface area contributed by atoms with E-state index in [4.69, 9.17) is 4.55 Å². The van der Waals surface area contributed by atoms with Crippen LogP contribution < -0.4 is 0 Å². The fraction of sp³-hybridized carbons (Fsp3) is 0.571. The Morgan fingerprint density at radius 2 is 1.63 bits per heavy atom. The van der Waals surface area contributed by atoms with E-state index in [0.717, 1.165) is 17.4 Å². The molecule has 110 valence electrons. The van der Waals surface area contributed by atoms with E-state index in [1.165, 1.54) is 5.56 Å². The minimum atomic E-state index is -3.69. The molecule has 0 aliphatic rings. The zero-order valence-corrected chi connectivity index (χ0v) is 13.2. The van der Waals surface area contributed by atoms with Crippen molar-refractivity contribution in [2.24, 2.45) is 0 Å². The Morgan fingerprint density at radius 1 is 1.11 bits per heavy atom. The lowest BCUT2D eigenvalue weighted by Gasteiger charge is -2.23. The van der Waals surface area contributed by atoms with Crippen LogP contribution in [-0.4, -0.2) is 44.3 Å². The number of hydrogen-bond donors (Lipinski definition) is 1. The van der Waals surface area contributed by atoms with Crippen molar-refractivity contribution >= 4 is 10.1 Å². The van der Waals surface area contributed by atoms with Gasteiger partial charge in [-0.3, -0.25) is 4.55 Å². The lowest BCUT2D eigenvalue weighted by molar-refractivity contribution is -0.884. The van der Waals surface area contributed by atoms with Crippen molar-refractivity contribution in [1.29, 1.82) is 0 Å². The second kappa shape index (κ2) is 8.30. The molecule has 0 heterocycles. The molecule has 0 atom stereocenters. The van der Waals surface area contributed by atoms with Crippen LogP contribution in [0, 0.1) is 0 Å². The molecule has 0 aliphatic heterocycles. The largest absolute Gasteiger partial charge is 0.327 e. The van der Waals surface area contributed by atoms with Crippen LogP contribution in [0.4, 0.5) is 0 Å². The zero-order chi connectivity index (χ0) is 14.9. The molecule has 0 amide bonds. The van der Waals surface area contributed by atoms with E-state index in [-0.39, 0.29) is 5.75 Å². The summed E-state index contributed by atoms with van der Waals surface area (Å²) in [6, 6.07) is 10.6. The molecule has 0 aromatic heterocycles. The van der Waals surface area contributed by atoms with Crippen LogP contribution in [0.1, 0.15) is 25.3 Å². The Morgan fingerprint density at radius 3 is 1.95 bits per heavy atom. The first-order valence-electron chi connectivity index (χ1n) is 6.43. The maximum Gasteiger partial charge on any atom is 0.264 e. The molecule has 0 spiro atoms. The summed E-state index contributed by atoms with van der Waals surface area (Å²) in [4.78, 5) is 0. The normalized spacial score (nSPS) is 11.6. The molecule has 0 fully saturated rings. The van der Waals surface area contributed by atoms with E-state index in [1.54, 1.807) is 0 Å². The predicted molar refractivity (Wildman–Crippen MR) is 79.5 cm³/mol. The summed E-state index contributed by atoms with van der Waals surface area (Å²) in [6.45, 7) is 2.96. The van der Waals surface area contributed by atoms with Gasteiger partial charge in [0.05, 0.1) is 26.9 Å². The molecule has 0 aliphatic carbocycles. The summed E-state index contributed by atoms with van der Waals surface area (Å²) in [5.74, 6) is -0.108. The molecule has 0 unspecified atom stereocenters. The van der Waals surface area contributed by atoms with E-state index in [0.29, 0.717) is 6.42 Å². The Kier molecular flexibility index (Phi) is 7.90. The zero-order valence-electron chi connectivity index (χ0n) is 12.3. The smallest absolute Gasteiger partial charge is 0.264 e. The SMILES string of the molecule is CCCCS(=O)(=O)O.C[N+](C)(C)Cc1ccccc1. The standard InChI is InChI=1S/C10H16N.C4H10O3S/c1-11(2,3)9-10-7-5-4-6-8-10;1-2-3-4-8(5,6)7/h4-8H,9H2,1-3H3;2-4H2,1H3,(H,5,6,7)/q+1;. The third-order valence-electron chi connectivity index (χ3n) is 2.26. The van der Waals surface area contributed by atoms with E-state index in [1.807, 2.05) is 6.92 Å². The Balaban J connectivity index is 0.000000362. The summed E-state index contributed by atoms with van der Waals surface area (Å²) in [6.07, 6.45) is 1.33. The average Bonchev–Trinajstić information content (AvgIpc) is 2.25. The molecule has 19 heavy (non-hydrogen) atoms. The molecule has 1 rings (SSSR count). The summed E-state index contributed by atoms with van der Waals surface area (Å²) in [5, 5.41) is 0. The Bertz CT molecular complexity index is 436. The molecular weight excluding hydrogens is 262 g/mol. The molecular formula is C14H26NO3S+. The lowest BCUT2D eigenvalue weighted by atomic mass is 10.2. The molecule has 0 bridgehead atoms. The molecule has 4 nitrogen and oxygen atoms in total. The molecule has 5 heteroatoms. The van der Waals surface area contributed by atoms with Crippen molar-refractivity contribution in [2.45, 2.75) is 26.3 Å². The summed E-state index contributed by atoms with van der Waals surface area (Å²) in [5.41, 5.74) is 1.40. The van der Waals surface area contributed by atoms with Gasteiger partial charge in [0.25, 0.3) is 10.1 Å². The number of benzene rings is 1. The first-order chi connectivity index (χ1) is 8.64. The van der Waals surface area contributed by atoms with Gasteiger partial charge in [-0.2, -0.15) is 8.42 Å². The van der Waals surface area contributed by atoms with Crippen molar-refractivity contribution in [3.63, 3.8) is 0 Å². The predicted octanol–water partition coefficient (Wildman–Crippen LogP) is 2.57. The average molecular weight is 288 g/mol. The van der Waals surface area contributed by atoms with Crippen molar-refractivity contribution in [3.8, 4) is 0 Å². The second-order valence-electron chi connectivity index (χ2n) is 5.57. The molecule has 1 aromatic rings. The van der Waals surface area contributed by atoms with Gasteiger partial charge in [0.15, 0.2) is 0 Å². The van der Waals surface area contributed by atoms with Crippen molar-refractivity contribution in [1.82, 2.24) is 0 Å². The number of quaternary nitrogens is 1. The maximum absolute atomic E-state index is 9.95. The second-order valence-corrected chi connectivity index (χ2v) is 7.15. The van der Waals surface area contributed by atoms with E-state index in [2.05, 4.69) is 51.5 Å². The van der Waals surface area contributed by atoms with Crippen molar-refractivity contribution < 1.29 is 17.5 Å². The molecule has 1 N–H and O–H groups in total. The highest BCUT2D eigenvalue weighted by molar-refractivity contribution is 7.85. The fourth-order valence-corrected chi connectivity index (χ4v) is 2.11. The van der Waals surface area contributed by atoms with Gasteiger partial charge in [0, 0.05) is 5.56 Å². The monoisotopic (exact) mass is 288 g/mol. The topological polar surface area (TPSA) is 54.4 Å². The van der Waals surface area contributed by atoms with Gasteiger partial charge in [0.1, 0.15) is 6.54 Å². The minimum absolute atomic E-state index is 0.108. The third-order valence-corrected chi connectivity index (χ3v) is 3.06. The van der Waals surface area contributed by atoms with Crippen LogP contribution in [0.3, 0.4) is 0 Å². The quantitative estimate of drug-likeness (QED) is 0.669. The van der Waals surface area contributed by atoms with Crippen LogP contribution in [0.5, 0.6) is 0 Å².